The molecular formula is C15H23N. The van der Waals surface area contributed by atoms with Gasteiger partial charge in [-0.2, -0.15) is 0 Å². The van der Waals surface area contributed by atoms with Crippen molar-refractivity contribution in [3.05, 3.63) is 34.9 Å². The average molecular weight is 217 g/mol. The average Bonchev–Trinajstić information content (AvgIpc) is 2.59. The van der Waals surface area contributed by atoms with Gasteiger partial charge >= 0.3 is 0 Å². The van der Waals surface area contributed by atoms with Crippen molar-refractivity contribution in [2.75, 3.05) is 0 Å². The second-order valence-electron chi connectivity index (χ2n) is 5.39. The maximum Gasteiger partial charge on any atom is 0.0208 e. The molecule has 0 heterocycles. The smallest absolute Gasteiger partial charge is 0.0208 e. The first-order chi connectivity index (χ1) is 7.65. The van der Waals surface area contributed by atoms with Crippen LogP contribution in [0.2, 0.25) is 0 Å². The summed E-state index contributed by atoms with van der Waals surface area (Å²) in [6, 6.07) is 7.56. The van der Waals surface area contributed by atoms with Crippen molar-refractivity contribution in [2.45, 2.75) is 52.6 Å². The third kappa shape index (κ3) is 2.85. The van der Waals surface area contributed by atoms with Gasteiger partial charge in [0.2, 0.25) is 0 Å². The number of hydrogen-bond donors (Lipinski definition) is 1. The van der Waals surface area contributed by atoms with Crippen LogP contribution in [0.1, 0.15) is 42.9 Å². The Kier molecular flexibility index (Phi) is 3.65. The summed E-state index contributed by atoms with van der Waals surface area (Å²) < 4.78 is 0. The number of hydrogen-bond acceptors (Lipinski definition) is 1. The first kappa shape index (κ1) is 11.7. The van der Waals surface area contributed by atoms with Gasteiger partial charge in [0, 0.05) is 12.6 Å². The van der Waals surface area contributed by atoms with E-state index in [4.69, 9.17) is 0 Å². The van der Waals surface area contributed by atoms with Crippen molar-refractivity contribution < 1.29 is 0 Å². The molecule has 2 rings (SSSR count). The monoisotopic (exact) mass is 217 g/mol. The molecule has 2 unspecified atom stereocenters. The van der Waals surface area contributed by atoms with Crippen molar-refractivity contribution in [1.29, 1.82) is 0 Å². The van der Waals surface area contributed by atoms with Gasteiger partial charge in [-0.25, -0.2) is 0 Å². The van der Waals surface area contributed by atoms with Crippen LogP contribution in [0, 0.1) is 19.8 Å². The predicted molar refractivity (Wildman–Crippen MR) is 69.6 cm³/mol. The van der Waals surface area contributed by atoms with Gasteiger partial charge in [-0.3, -0.25) is 0 Å². The van der Waals surface area contributed by atoms with E-state index < -0.39 is 0 Å². The van der Waals surface area contributed by atoms with Crippen molar-refractivity contribution in [2.24, 2.45) is 5.92 Å². The molecule has 0 aliphatic heterocycles. The quantitative estimate of drug-likeness (QED) is 0.816. The predicted octanol–water partition coefficient (Wildman–Crippen LogP) is 3.58. The molecule has 1 aromatic carbocycles. The summed E-state index contributed by atoms with van der Waals surface area (Å²) in [4.78, 5) is 0. The Morgan fingerprint density at radius 1 is 1.12 bits per heavy atom. The Bertz CT molecular complexity index is 336. The normalized spacial score (nSPS) is 24.9. The fourth-order valence-electron chi connectivity index (χ4n) is 2.87. The van der Waals surface area contributed by atoms with E-state index in [1.54, 1.807) is 0 Å². The van der Waals surface area contributed by atoms with Gasteiger partial charge in [-0.15, -0.1) is 0 Å². The molecule has 1 saturated carbocycles. The second kappa shape index (κ2) is 5.01. The summed E-state index contributed by atoms with van der Waals surface area (Å²) >= 11 is 0. The minimum atomic E-state index is 0.737. The zero-order chi connectivity index (χ0) is 11.5. The first-order valence-electron chi connectivity index (χ1n) is 6.46. The summed E-state index contributed by atoms with van der Waals surface area (Å²) in [6.45, 7) is 7.74. The van der Waals surface area contributed by atoms with Crippen molar-refractivity contribution >= 4 is 0 Å². The van der Waals surface area contributed by atoms with E-state index in [0.29, 0.717) is 0 Å². The molecule has 1 aliphatic carbocycles. The lowest BCUT2D eigenvalue weighted by Gasteiger charge is -2.17. The minimum absolute atomic E-state index is 0.737. The molecule has 0 amide bonds. The lowest BCUT2D eigenvalue weighted by atomic mass is 10.0. The second-order valence-corrected chi connectivity index (χ2v) is 5.39. The zero-order valence-electron chi connectivity index (χ0n) is 10.7. The third-order valence-corrected chi connectivity index (χ3v) is 3.71. The van der Waals surface area contributed by atoms with Crippen LogP contribution in [0.3, 0.4) is 0 Å². The molecule has 1 N–H and O–H groups in total. The van der Waals surface area contributed by atoms with Gasteiger partial charge in [0.15, 0.2) is 0 Å². The summed E-state index contributed by atoms with van der Waals surface area (Å²) in [5, 5.41) is 3.70. The topological polar surface area (TPSA) is 12.0 Å². The van der Waals surface area contributed by atoms with E-state index in [9.17, 15) is 0 Å². The first-order valence-corrected chi connectivity index (χ1v) is 6.46. The third-order valence-electron chi connectivity index (χ3n) is 3.71. The summed E-state index contributed by atoms with van der Waals surface area (Å²) in [7, 11) is 0. The minimum Gasteiger partial charge on any atom is -0.310 e. The summed E-state index contributed by atoms with van der Waals surface area (Å²) in [5.74, 6) is 0.853. The fraction of sp³-hybridized carbons (Fsp3) is 0.600. The van der Waals surface area contributed by atoms with Crippen LogP contribution < -0.4 is 5.32 Å². The molecule has 1 nitrogen and oxygen atoms in total. The highest BCUT2D eigenvalue weighted by Crippen LogP contribution is 2.25. The highest BCUT2D eigenvalue weighted by atomic mass is 14.9. The van der Waals surface area contributed by atoms with E-state index >= 15 is 0 Å². The van der Waals surface area contributed by atoms with Crippen LogP contribution in [0.25, 0.3) is 0 Å². The van der Waals surface area contributed by atoms with E-state index in [-0.39, 0.29) is 0 Å². The van der Waals surface area contributed by atoms with E-state index in [1.807, 2.05) is 0 Å². The maximum atomic E-state index is 3.70. The van der Waals surface area contributed by atoms with Gasteiger partial charge < -0.3 is 5.32 Å². The van der Waals surface area contributed by atoms with Crippen LogP contribution in [-0.2, 0) is 6.54 Å². The lowest BCUT2D eigenvalue weighted by Crippen LogP contribution is -2.30. The van der Waals surface area contributed by atoms with Crippen LogP contribution >= 0.6 is 0 Å². The molecule has 1 aliphatic rings. The Hall–Kier alpha value is -0.820. The molecule has 0 radical (unpaired) electrons. The van der Waals surface area contributed by atoms with Gasteiger partial charge in [-0.1, -0.05) is 42.7 Å². The van der Waals surface area contributed by atoms with Crippen molar-refractivity contribution in [3.8, 4) is 0 Å². The van der Waals surface area contributed by atoms with Gasteiger partial charge in [0.25, 0.3) is 0 Å². The Morgan fingerprint density at radius 3 is 2.38 bits per heavy atom. The van der Waals surface area contributed by atoms with Crippen LogP contribution in [0.4, 0.5) is 0 Å². The molecule has 0 aromatic heterocycles. The number of rotatable bonds is 3. The van der Waals surface area contributed by atoms with E-state index in [0.717, 1.165) is 18.5 Å². The molecule has 0 saturated heterocycles. The Labute approximate surface area is 99.3 Å². The van der Waals surface area contributed by atoms with Gasteiger partial charge in [0.05, 0.1) is 0 Å². The molecule has 88 valence electrons. The highest BCUT2D eigenvalue weighted by molar-refractivity contribution is 5.28. The number of aryl methyl sites for hydroxylation is 2. The SMILES string of the molecule is Cc1cc(C)cc(CNC2CCCC2C)c1. The van der Waals surface area contributed by atoms with E-state index in [2.05, 4.69) is 44.3 Å². The standard InChI is InChI=1S/C15H23N/c1-11-7-12(2)9-14(8-11)10-16-15-6-4-5-13(15)3/h7-9,13,15-16H,4-6,10H2,1-3H3. The van der Waals surface area contributed by atoms with Crippen molar-refractivity contribution in [3.63, 3.8) is 0 Å². The van der Waals surface area contributed by atoms with Gasteiger partial charge in [-0.05, 0) is 38.2 Å². The van der Waals surface area contributed by atoms with Crippen LogP contribution in [0.15, 0.2) is 18.2 Å². The van der Waals surface area contributed by atoms with Crippen LogP contribution in [0.5, 0.6) is 0 Å². The molecule has 1 aromatic rings. The largest absolute Gasteiger partial charge is 0.310 e. The Morgan fingerprint density at radius 2 is 1.81 bits per heavy atom. The van der Waals surface area contributed by atoms with E-state index in [1.165, 1.54) is 36.0 Å². The summed E-state index contributed by atoms with van der Waals surface area (Å²) in [5.41, 5.74) is 4.17. The molecule has 1 fully saturated rings. The molecule has 0 bridgehead atoms. The molecule has 1 heteroatoms. The lowest BCUT2D eigenvalue weighted by molar-refractivity contribution is 0.426. The molecule has 16 heavy (non-hydrogen) atoms. The maximum absolute atomic E-state index is 3.70. The van der Waals surface area contributed by atoms with Gasteiger partial charge in [0.1, 0.15) is 0 Å². The fourth-order valence-corrected chi connectivity index (χ4v) is 2.87. The number of nitrogens with one attached hydrogen (secondary N) is 1. The Balaban J connectivity index is 1.94. The van der Waals surface area contributed by atoms with Crippen molar-refractivity contribution in [1.82, 2.24) is 5.32 Å². The zero-order valence-corrected chi connectivity index (χ0v) is 10.7. The van der Waals surface area contributed by atoms with Crippen LogP contribution in [-0.4, -0.2) is 6.04 Å². The number of benzene rings is 1. The molecule has 2 atom stereocenters. The molecule has 0 spiro atoms. The highest BCUT2D eigenvalue weighted by Gasteiger charge is 2.22. The molecular weight excluding hydrogens is 194 g/mol. The summed E-state index contributed by atoms with van der Waals surface area (Å²) in [6.07, 6.45) is 4.14.